The number of nitrogens with zero attached hydrogens (tertiary/aromatic N) is 2. The standard InChI is InChI=1S/C12H25N3/c1-11(14-7-3-4-8-14)12(2)15-9-5-13-6-10-15/h11-13H,3-10H2,1-2H3. The molecule has 2 unspecified atom stereocenters. The molecule has 15 heavy (non-hydrogen) atoms. The van der Waals surface area contributed by atoms with Crippen molar-refractivity contribution in [2.45, 2.75) is 38.8 Å². The van der Waals surface area contributed by atoms with Gasteiger partial charge in [0.2, 0.25) is 0 Å². The van der Waals surface area contributed by atoms with Gasteiger partial charge in [-0.25, -0.2) is 0 Å². The van der Waals surface area contributed by atoms with Gasteiger partial charge in [-0.2, -0.15) is 0 Å². The van der Waals surface area contributed by atoms with Crippen molar-refractivity contribution in [1.82, 2.24) is 15.1 Å². The molecule has 0 aromatic heterocycles. The molecule has 0 amide bonds. The molecule has 0 aliphatic carbocycles. The summed E-state index contributed by atoms with van der Waals surface area (Å²) in [5, 5.41) is 3.42. The van der Waals surface area contributed by atoms with Gasteiger partial charge in [0.25, 0.3) is 0 Å². The zero-order chi connectivity index (χ0) is 10.7. The van der Waals surface area contributed by atoms with E-state index in [0.717, 1.165) is 19.1 Å². The van der Waals surface area contributed by atoms with Gasteiger partial charge < -0.3 is 5.32 Å². The van der Waals surface area contributed by atoms with Crippen molar-refractivity contribution >= 4 is 0 Å². The van der Waals surface area contributed by atoms with Crippen molar-refractivity contribution in [3.05, 3.63) is 0 Å². The summed E-state index contributed by atoms with van der Waals surface area (Å²) in [5.74, 6) is 0. The van der Waals surface area contributed by atoms with E-state index in [2.05, 4.69) is 29.0 Å². The van der Waals surface area contributed by atoms with E-state index >= 15 is 0 Å². The quantitative estimate of drug-likeness (QED) is 0.744. The van der Waals surface area contributed by atoms with Crippen LogP contribution in [0.5, 0.6) is 0 Å². The molecule has 2 aliphatic heterocycles. The van der Waals surface area contributed by atoms with Crippen LogP contribution < -0.4 is 5.32 Å². The fourth-order valence-corrected chi connectivity index (χ4v) is 2.85. The van der Waals surface area contributed by atoms with Gasteiger partial charge in [-0.1, -0.05) is 0 Å². The van der Waals surface area contributed by atoms with Gasteiger partial charge >= 0.3 is 0 Å². The molecule has 3 heteroatoms. The Morgan fingerprint density at radius 1 is 0.800 bits per heavy atom. The third kappa shape index (κ3) is 2.71. The summed E-state index contributed by atoms with van der Waals surface area (Å²) in [6, 6.07) is 1.44. The molecule has 3 nitrogen and oxygen atoms in total. The molecular weight excluding hydrogens is 186 g/mol. The number of nitrogens with one attached hydrogen (secondary N) is 1. The lowest BCUT2D eigenvalue weighted by Gasteiger charge is -2.39. The molecule has 0 spiro atoms. The van der Waals surface area contributed by atoms with E-state index < -0.39 is 0 Å². The fraction of sp³-hybridized carbons (Fsp3) is 1.00. The second-order valence-electron chi connectivity index (χ2n) is 5.01. The second kappa shape index (κ2) is 5.28. The summed E-state index contributed by atoms with van der Waals surface area (Å²) < 4.78 is 0. The first kappa shape index (κ1) is 11.4. The largest absolute Gasteiger partial charge is 0.314 e. The lowest BCUT2D eigenvalue weighted by atomic mass is 10.1. The third-order valence-corrected chi connectivity index (χ3v) is 4.14. The zero-order valence-corrected chi connectivity index (χ0v) is 10.2. The first-order valence-corrected chi connectivity index (χ1v) is 6.48. The molecule has 0 aromatic rings. The van der Waals surface area contributed by atoms with Crippen LogP contribution in [0.1, 0.15) is 26.7 Å². The Bertz CT molecular complexity index is 183. The predicted octanol–water partition coefficient (Wildman–Crippen LogP) is 0.764. The molecule has 2 rings (SSSR count). The molecule has 0 aromatic carbocycles. The Hall–Kier alpha value is -0.120. The van der Waals surface area contributed by atoms with Crippen LogP contribution in [0.15, 0.2) is 0 Å². The molecule has 2 heterocycles. The molecular formula is C12H25N3. The molecule has 2 fully saturated rings. The average molecular weight is 211 g/mol. The summed E-state index contributed by atoms with van der Waals surface area (Å²) in [4.78, 5) is 5.30. The summed E-state index contributed by atoms with van der Waals surface area (Å²) in [6.07, 6.45) is 2.80. The minimum absolute atomic E-state index is 0.713. The first-order chi connectivity index (χ1) is 7.29. The van der Waals surface area contributed by atoms with Gasteiger partial charge in [0.1, 0.15) is 0 Å². The van der Waals surface area contributed by atoms with E-state index in [-0.39, 0.29) is 0 Å². The Morgan fingerprint density at radius 2 is 1.27 bits per heavy atom. The van der Waals surface area contributed by atoms with E-state index in [1.54, 1.807) is 0 Å². The summed E-state index contributed by atoms with van der Waals surface area (Å²) in [5.41, 5.74) is 0. The van der Waals surface area contributed by atoms with Crippen molar-refractivity contribution in [2.24, 2.45) is 0 Å². The van der Waals surface area contributed by atoms with Gasteiger partial charge in [-0.05, 0) is 39.8 Å². The molecule has 2 aliphatic rings. The minimum Gasteiger partial charge on any atom is -0.314 e. The normalized spacial score (nSPS) is 29.2. The number of hydrogen-bond donors (Lipinski definition) is 1. The first-order valence-electron chi connectivity index (χ1n) is 6.48. The van der Waals surface area contributed by atoms with Crippen LogP contribution in [0.4, 0.5) is 0 Å². The summed E-state index contributed by atoms with van der Waals surface area (Å²) >= 11 is 0. The maximum atomic E-state index is 3.42. The molecule has 2 saturated heterocycles. The van der Waals surface area contributed by atoms with Crippen LogP contribution in [0.25, 0.3) is 0 Å². The lowest BCUT2D eigenvalue weighted by Crippen LogP contribution is -2.54. The van der Waals surface area contributed by atoms with Gasteiger partial charge in [-0.3, -0.25) is 9.80 Å². The SMILES string of the molecule is CC(C(C)N1CCNCC1)N1CCCC1. The highest BCUT2D eigenvalue weighted by Crippen LogP contribution is 2.17. The monoisotopic (exact) mass is 211 g/mol. The van der Waals surface area contributed by atoms with E-state index in [1.807, 2.05) is 0 Å². The molecule has 2 atom stereocenters. The number of likely N-dealkylation sites (tertiary alicyclic amines) is 1. The van der Waals surface area contributed by atoms with Crippen LogP contribution in [-0.2, 0) is 0 Å². The van der Waals surface area contributed by atoms with Crippen LogP contribution in [-0.4, -0.2) is 61.2 Å². The van der Waals surface area contributed by atoms with Gasteiger partial charge in [-0.15, -0.1) is 0 Å². The highest BCUT2D eigenvalue weighted by molar-refractivity contribution is 4.84. The lowest BCUT2D eigenvalue weighted by molar-refractivity contribution is 0.101. The van der Waals surface area contributed by atoms with Crippen molar-refractivity contribution in [1.29, 1.82) is 0 Å². The van der Waals surface area contributed by atoms with Crippen LogP contribution in [0.2, 0.25) is 0 Å². The van der Waals surface area contributed by atoms with Gasteiger partial charge in [0.15, 0.2) is 0 Å². The Morgan fingerprint density at radius 3 is 1.80 bits per heavy atom. The van der Waals surface area contributed by atoms with Crippen LogP contribution in [0, 0.1) is 0 Å². The van der Waals surface area contributed by atoms with Crippen molar-refractivity contribution in [2.75, 3.05) is 39.3 Å². The van der Waals surface area contributed by atoms with Crippen molar-refractivity contribution < 1.29 is 0 Å². The maximum Gasteiger partial charge on any atom is 0.0221 e. The van der Waals surface area contributed by atoms with Crippen LogP contribution in [0.3, 0.4) is 0 Å². The van der Waals surface area contributed by atoms with Crippen LogP contribution >= 0.6 is 0 Å². The average Bonchev–Trinajstić information content (AvgIpc) is 2.82. The van der Waals surface area contributed by atoms with E-state index in [4.69, 9.17) is 0 Å². The van der Waals surface area contributed by atoms with Crippen molar-refractivity contribution in [3.63, 3.8) is 0 Å². The summed E-state index contributed by atoms with van der Waals surface area (Å²) in [7, 11) is 0. The molecule has 1 N–H and O–H groups in total. The topological polar surface area (TPSA) is 18.5 Å². The Kier molecular flexibility index (Phi) is 4.00. The van der Waals surface area contributed by atoms with E-state index in [0.29, 0.717) is 6.04 Å². The number of piperazine rings is 1. The number of hydrogen-bond acceptors (Lipinski definition) is 3. The Balaban J connectivity index is 1.84. The maximum absolute atomic E-state index is 3.42. The Labute approximate surface area is 93.8 Å². The molecule has 0 saturated carbocycles. The highest BCUT2D eigenvalue weighted by Gasteiger charge is 2.27. The zero-order valence-electron chi connectivity index (χ0n) is 10.2. The highest BCUT2D eigenvalue weighted by atomic mass is 15.3. The summed E-state index contributed by atoms with van der Waals surface area (Å²) in [6.45, 7) is 12.2. The fourth-order valence-electron chi connectivity index (χ4n) is 2.85. The van der Waals surface area contributed by atoms with E-state index in [9.17, 15) is 0 Å². The van der Waals surface area contributed by atoms with Gasteiger partial charge in [0, 0.05) is 38.3 Å². The molecule has 0 radical (unpaired) electrons. The minimum atomic E-state index is 0.713. The third-order valence-electron chi connectivity index (χ3n) is 4.14. The molecule has 0 bridgehead atoms. The van der Waals surface area contributed by atoms with Gasteiger partial charge in [0.05, 0.1) is 0 Å². The predicted molar refractivity (Wildman–Crippen MR) is 64.2 cm³/mol. The smallest absolute Gasteiger partial charge is 0.0221 e. The molecule has 88 valence electrons. The number of rotatable bonds is 3. The second-order valence-corrected chi connectivity index (χ2v) is 5.01. The van der Waals surface area contributed by atoms with Crippen molar-refractivity contribution in [3.8, 4) is 0 Å². The van der Waals surface area contributed by atoms with E-state index in [1.165, 1.54) is 39.0 Å².